The van der Waals surface area contributed by atoms with Crippen molar-refractivity contribution in [3.05, 3.63) is 33.1 Å². The van der Waals surface area contributed by atoms with E-state index < -0.39 is 94.7 Å². The van der Waals surface area contributed by atoms with Crippen LogP contribution in [-0.4, -0.2) is 117 Å². The van der Waals surface area contributed by atoms with E-state index in [2.05, 4.69) is 13.4 Å². The highest BCUT2D eigenvalue weighted by Gasteiger charge is 2.52. The van der Waals surface area contributed by atoms with E-state index in [1.54, 1.807) is 0 Å². The summed E-state index contributed by atoms with van der Waals surface area (Å²) in [5.41, 5.74) is -1.77. The minimum atomic E-state index is -5.68. The van der Waals surface area contributed by atoms with Gasteiger partial charge in [0.05, 0.1) is 6.61 Å². The van der Waals surface area contributed by atoms with E-state index in [4.69, 9.17) is 4.74 Å². The maximum absolute atomic E-state index is 12.2. The van der Waals surface area contributed by atoms with E-state index in [-0.39, 0.29) is 0 Å². The standard InChI is InChI=1S/C15H24N2O17P2/c18-5-1-2-17(15(26)16-5)14-12(25)6(19)4(32-14)3-31-35(27,28)34-36(29,30)33-13-10(23)8(21)7(20)9(22)11(13)24/h1-2,4,6-14,19-25H,3H2,(H,27,28)(H,29,30)(H,16,18,26)/t4-,6-,7?,8-,9+,10+,11-,12-,13?,14-/m1/s1. The normalized spacial score (nSPS) is 40.5. The molecule has 19 nitrogen and oxygen atoms in total. The number of aliphatic hydroxyl groups excluding tert-OH is 7. The number of H-pyrrole nitrogens is 1. The van der Waals surface area contributed by atoms with E-state index in [0.717, 1.165) is 12.3 Å². The van der Waals surface area contributed by atoms with Gasteiger partial charge >= 0.3 is 21.3 Å². The summed E-state index contributed by atoms with van der Waals surface area (Å²) in [5.74, 6) is 0. The molecule has 1 aromatic heterocycles. The molecule has 206 valence electrons. The molecule has 10 N–H and O–H groups in total. The molecule has 21 heteroatoms. The van der Waals surface area contributed by atoms with Crippen LogP contribution in [-0.2, 0) is 27.2 Å². The second kappa shape index (κ2) is 10.8. The largest absolute Gasteiger partial charge is 0.481 e. The van der Waals surface area contributed by atoms with Crippen LogP contribution >= 0.6 is 15.6 Å². The lowest BCUT2D eigenvalue weighted by Gasteiger charge is -2.41. The Hall–Kier alpha value is -1.38. The summed E-state index contributed by atoms with van der Waals surface area (Å²) >= 11 is 0. The number of phosphoric acid groups is 2. The smallest absolute Gasteiger partial charge is 0.387 e. The molecule has 1 saturated carbocycles. The van der Waals surface area contributed by atoms with Crippen molar-refractivity contribution in [2.75, 3.05) is 6.61 Å². The first kappa shape index (κ1) is 29.2. The van der Waals surface area contributed by atoms with Crippen molar-refractivity contribution in [3.8, 4) is 0 Å². The third-order valence-corrected chi connectivity index (χ3v) is 8.03. The topological polar surface area (TPSA) is 308 Å². The molecule has 2 heterocycles. The van der Waals surface area contributed by atoms with Gasteiger partial charge < -0.3 is 50.3 Å². The van der Waals surface area contributed by atoms with Crippen molar-refractivity contribution in [3.63, 3.8) is 0 Å². The highest BCUT2D eigenvalue weighted by Crippen LogP contribution is 2.61. The molecule has 1 aliphatic carbocycles. The lowest BCUT2D eigenvalue weighted by molar-refractivity contribution is -0.219. The molecular weight excluding hydrogens is 542 g/mol. The Labute approximate surface area is 199 Å². The van der Waals surface area contributed by atoms with Gasteiger partial charge in [-0.05, 0) is 0 Å². The number of nitrogens with zero attached hydrogens (tertiary/aromatic N) is 1. The zero-order valence-corrected chi connectivity index (χ0v) is 19.6. The number of aromatic amines is 1. The number of hydrogen-bond donors (Lipinski definition) is 10. The molecule has 12 atom stereocenters. The van der Waals surface area contributed by atoms with Gasteiger partial charge in [-0.25, -0.2) is 13.9 Å². The van der Waals surface area contributed by atoms with Gasteiger partial charge in [0, 0.05) is 12.3 Å². The molecule has 0 spiro atoms. The van der Waals surface area contributed by atoms with Gasteiger partial charge in [-0.15, -0.1) is 0 Å². The highest BCUT2D eigenvalue weighted by atomic mass is 31.3. The Balaban J connectivity index is 1.63. The van der Waals surface area contributed by atoms with Crippen LogP contribution < -0.4 is 11.2 Å². The molecule has 2 aliphatic rings. The van der Waals surface area contributed by atoms with Crippen molar-refractivity contribution < 1.29 is 72.8 Å². The summed E-state index contributed by atoms with van der Waals surface area (Å²) in [7, 11) is -11.2. The van der Waals surface area contributed by atoms with Crippen molar-refractivity contribution in [2.45, 2.75) is 61.2 Å². The number of hydrogen-bond acceptors (Lipinski definition) is 15. The molecule has 0 aromatic carbocycles. The highest BCUT2D eigenvalue weighted by molar-refractivity contribution is 7.61. The minimum absolute atomic E-state index is 0.709. The van der Waals surface area contributed by atoms with Gasteiger partial charge in [0.2, 0.25) is 0 Å². The Kier molecular flexibility index (Phi) is 8.73. The number of rotatable bonds is 8. The van der Waals surface area contributed by atoms with Crippen LogP contribution in [0.15, 0.2) is 21.9 Å². The van der Waals surface area contributed by atoms with Crippen LogP contribution in [0.5, 0.6) is 0 Å². The van der Waals surface area contributed by atoms with E-state index in [0.29, 0.717) is 4.57 Å². The molecule has 2 fully saturated rings. The van der Waals surface area contributed by atoms with Crippen LogP contribution in [0.3, 0.4) is 0 Å². The number of nitrogens with one attached hydrogen (secondary N) is 1. The van der Waals surface area contributed by atoms with Crippen LogP contribution in [0.1, 0.15) is 6.23 Å². The summed E-state index contributed by atoms with van der Waals surface area (Å²) in [6, 6.07) is 0.918. The first-order chi connectivity index (χ1) is 16.5. The Morgan fingerprint density at radius 1 is 0.861 bits per heavy atom. The van der Waals surface area contributed by atoms with Gasteiger partial charge in [-0.3, -0.25) is 23.4 Å². The lowest BCUT2D eigenvalue weighted by Crippen LogP contribution is -2.64. The van der Waals surface area contributed by atoms with Gasteiger partial charge in [-0.2, -0.15) is 4.31 Å². The monoisotopic (exact) mass is 566 g/mol. The molecule has 0 amide bonds. The molecular formula is C15H24N2O17P2. The van der Waals surface area contributed by atoms with Crippen LogP contribution in [0, 0.1) is 0 Å². The van der Waals surface area contributed by atoms with Gasteiger partial charge in [0.25, 0.3) is 5.56 Å². The minimum Gasteiger partial charge on any atom is -0.387 e. The van der Waals surface area contributed by atoms with Crippen LogP contribution in [0.25, 0.3) is 0 Å². The van der Waals surface area contributed by atoms with Crippen molar-refractivity contribution >= 4 is 15.6 Å². The SMILES string of the molecule is O=c1ccn([C@@H]2O[C@H](COP(=O)(O)OP(=O)(O)OC3[C@@H](O)[C@H](O)C(O)[C@H](O)[C@H]3O)[C@@H](O)[C@H]2O)c(=O)[nH]1. The summed E-state index contributed by atoms with van der Waals surface area (Å²) in [6.45, 7) is -1.06. The number of aliphatic hydroxyl groups is 7. The zero-order chi connectivity index (χ0) is 27.2. The van der Waals surface area contributed by atoms with Gasteiger partial charge in [0.15, 0.2) is 6.23 Å². The maximum atomic E-state index is 12.2. The summed E-state index contributed by atoms with van der Waals surface area (Å²) in [4.78, 5) is 44.5. The predicted molar refractivity (Wildman–Crippen MR) is 109 cm³/mol. The molecule has 36 heavy (non-hydrogen) atoms. The van der Waals surface area contributed by atoms with E-state index in [9.17, 15) is 64.3 Å². The fourth-order valence-corrected chi connectivity index (χ4v) is 5.82. The Bertz CT molecular complexity index is 1130. The predicted octanol–water partition coefficient (Wildman–Crippen LogP) is -5.41. The molecule has 1 aromatic rings. The van der Waals surface area contributed by atoms with Crippen LogP contribution in [0.2, 0.25) is 0 Å². The second-order valence-electron chi connectivity index (χ2n) is 7.90. The number of aromatic nitrogens is 2. The molecule has 3 rings (SSSR count). The van der Waals surface area contributed by atoms with E-state index in [1.807, 2.05) is 4.98 Å². The fourth-order valence-electron chi connectivity index (χ4n) is 3.54. The lowest BCUT2D eigenvalue weighted by atomic mass is 9.85. The van der Waals surface area contributed by atoms with Crippen molar-refractivity contribution in [1.82, 2.24) is 9.55 Å². The Morgan fingerprint density at radius 3 is 1.97 bits per heavy atom. The quantitative estimate of drug-likeness (QED) is 0.131. The van der Waals surface area contributed by atoms with Crippen LogP contribution in [0.4, 0.5) is 0 Å². The molecule has 1 saturated heterocycles. The average molecular weight is 566 g/mol. The second-order valence-corrected chi connectivity index (χ2v) is 10.9. The first-order valence-corrected chi connectivity index (χ1v) is 13.0. The first-order valence-electron chi connectivity index (χ1n) is 9.98. The molecule has 0 bridgehead atoms. The average Bonchev–Trinajstić information content (AvgIpc) is 3.06. The maximum Gasteiger partial charge on any atom is 0.481 e. The Morgan fingerprint density at radius 2 is 1.42 bits per heavy atom. The third-order valence-electron chi connectivity index (χ3n) is 5.40. The molecule has 4 unspecified atom stereocenters. The zero-order valence-electron chi connectivity index (χ0n) is 17.8. The van der Waals surface area contributed by atoms with E-state index in [1.165, 1.54) is 0 Å². The fraction of sp³-hybridized carbons (Fsp3) is 0.733. The van der Waals surface area contributed by atoms with E-state index >= 15 is 0 Å². The third kappa shape index (κ3) is 6.18. The summed E-state index contributed by atoms with van der Waals surface area (Å²) in [5, 5.41) is 68.7. The molecule has 0 radical (unpaired) electrons. The summed E-state index contributed by atoms with van der Waals surface area (Å²) in [6.07, 6.45) is -18.9. The van der Waals surface area contributed by atoms with Crippen molar-refractivity contribution in [1.29, 1.82) is 0 Å². The van der Waals surface area contributed by atoms with Crippen molar-refractivity contribution in [2.24, 2.45) is 0 Å². The summed E-state index contributed by atoms with van der Waals surface area (Å²) < 4.78 is 43.1. The van der Waals surface area contributed by atoms with Gasteiger partial charge in [0.1, 0.15) is 54.9 Å². The molecule has 1 aliphatic heterocycles. The number of ether oxygens (including phenoxy) is 1. The number of phosphoric ester groups is 2. The van der Waals surface area contributed by atoms with Gasteiger partial charge in [-0.1, -0.05) is 0 Å².